The van der Waals surface area contributed by atoms with E-state index in [1.54, 1.807) is 12.4 Å². The molecule has 0 saturated carbocycles. The first-order chi connectivity index (χ1) is 9.16. The summed E-state index contributed by atoms with van der Waals surface area (Å²) in [6.45, 7) is 1.76. The van der Waals surface area contributed by atoms with Crippen LogP contribution in [0.3, 0.4) is 0 Å². The molecule has 0 N–H and O–H groups in total. The van der Waals surface area contributed by atoms with Crippen molar-refractivity contribution in [2.75, 3.05) is 26.0 Å². The Hall–Kier alpha value is -1.94. The van der Waals surface area contributed by atoms with Crippen LogP contribution in [0.1, 0.15) is 11.1 Å². The second kappa shape index (κ2) is 6.29. The molecule has 0 amide bonds. The van der Waals surface area contributed by atoms with Gasteiger partial charge in [-0.15, -0.1) is 0 Å². The molecule has 0 aliphatic carbocycles. The summed E-state index contributed by atoms with van der Waals surface area (Å²) < 4.78 is 0. The lowest BCUT2D eigenvalue weighted by Crippen LogP contribution is -2.21. The van der Waals surface area contributed by atoms with Gasteiger partial charge in [-0.05, 0) is 31.3 Å². The van der Waals surface area contributed by atoms with Crippen LogP contribution < -0.4 is 4.90 Å². The summed E-state index contributed by atoms with van der Waals surface area (Å²) in [7, 11) is 6.18. The van der Waals surface area contributed by atoms with Gasteiger partial charge in [0.1, 0.15) is 0 Å². The Morgan fingerprint density at radius 2 is 1.42 bits per heavy atom. The summed E-state index contributed by atoms with van der Waals surface area (Å²) in [5.41, 5.74) is 2.65. The molecule has 4 nitrogen and oxygen atoms in total. The van der Waals surface area contributed by atoms with E-state index in [9.17, 15) is 0 Å². The highest BCUT2D eigenvalue weighted by molar-refractivity contribution is 5.34. The molecule has 0 saturated heterocycles. The van der Waals surface area contributed by atoms with Gasteiger partial charge < -0.3 is 9.80 Å². The summed E-state index contributed by atoms with van der Waals surface area (Å²) in [6, 6.07) is 10.3. The van der Waals surface area contributed by atoms with Gasteiger partial charge in [0.25, 0.3) is 0 Å². The van der Waals surface area contributed by atoms with Crippen LogP contribution in [-0.2, 0) is 13.1 Å². The third-order valence-electron chi connectivity index (χ3n) is 2.91. The highest BCUT2D eigenvalue weighted by atomic mass is 15.2. The second-order valence-corrected chi connectivity index (χ2v) is 4.91. The first kappa shape index (κ1) is 13.5. The maximum Gasteiger partial charge on any atom is 0.225 e. The van der Waals surface area contributed by atoms with Crippen molar-refractivity contribution in [2.45, 2.75) is 13.1 Å². The van der Waals surface area contributed by atoms with Gasteiger partial charge in [0.15, 0.2) is 0 Å². The van der Waals surface area contributed by atoms with E-state index in [2.05, 4.69) is 58.1 Å². The zero-order valence-corrected chi connectivity index (χ0v) is 11.7. The van der Waals surface area contributed by atoms with E-state index in [0.717, 1.165) is 19.0 Å². The van der Waals surface area contributed by atoms with Crippen LogP contribution in [-0.4, -0.2) is 36.0 Å². The lowest BCUT2D eigenvalue weighted by atomic mass is 10.1. The van der Waals surface area contributed by atoms with Gasteiger partial charge >= 0.3 is 0 Å². The number of benzene rings is 1. The van der Waals surface area contributed by atoms with Crippen molar-refractivity contribution in [3.8, 4) is 0 Å². The number of hydrogen-bond donors (Lipinski definition) is 0. The third kappa shape index (κ3) is 3.76. The highest BCUT2D eigenvalue weighted by Gasteiger charge is 2.08. The van der Waals surface area contributed by atoms with E-state index in [4.69, 9.17) is 0 Å². The number of hydrogen-bond acceptors (Lipinski definition) is 4. The molecule has 0 radical (unpaired) electrons. The van der Waals surface area contributed by atoms with Gasteiger partial charge in [0.2, 0.25) is 5.95 Å². The fourth-order valence-corrected chi connectivity index (χ4v) is 2.02. The van der Waals surface area contributed by atoms with Crippen LogP contribution >= 0.6 is 0 Å². The molecule has 2 aromatic rings. The Kier molecular flexibility index (Phi) is 4.47. The molecule has 0 fully saturated rings. The molecule has 1 aromatic heterocycles. The summed E-state index contributed by atoms with van der Waals surface area (Å²) in [5.74, 6) is 0.752. The molecule has 19 heavy (non-hydrogen) atoms. The zero-order chi connectivity index (χ0) is 13.7. The molecule has 2 rings (SSSR count). The van der Waals surface area contributed by atoms with Crippen molar-refractivity contribution in [1.82, 2.24) is 14.9 Å². The van der Waals surface area contributed by atoms with Crippen molar-refractivity contribution in [3.05, 3.63) is 53.9 Å². The Balaban J connectivity index is 2.15. The van der Waals surface area contributed by atoms with Crippen molar-refractivity contribution in [2.24, 2.45) is 0 Å². The second-order valence-electron chi connectivity index (χ2n) is 4.91. The fraction of sp³-hybridized carbons (Fsp3) is 0.333. The quantitative estimate of drug-likeness (QED) is 0.820. The Morgan fingerprint density at radius 1 is 0.842 bits per heavy atom. The first-order valence-corrected chi connectivity index (χ1v) is 6.36. The fourth-order valence-electron chi connectivity index (χ4n) is 2.02. The highest BCUT2D eigenvalue weighted by Crippen LogP contribution is 2.14. The molecule has 1 aromatic carbocycles. The minimum absolute atomic E-state index is 0.752. The zero-order valence-electron chi connectivity index (χ0n) is 11.7. The van der Waals surface area contributed by atoms with Gasteiger partial charge in [-0.3, -0.25) is 0 Å². The molecular formula is C15H20N4. The normalized spacial score (nSPS) is 10.7. The summed E-state index contributed by atoms with van der Waals surface area (Å²) in [6.07, 6.45) is 3.54. The van der Waals surface area contributed by atoms with Gasteiger partial charge in [-0.25, -0.2) is 9.97 Å². The molecule has 0 aliphatic rings. The molecule has 0 atom stereocenters. The van der Waals surface area contributed by atoms with Crippen molar-refractivity contribution < 1.29 is 0 Å². The first-order valence-electron chi connectivity index (χ1n) is 6.36. The minimum atomic E-state index is 0.752. The molecule has 0 bridgehead atoms. The van der Waals surface area contributed by atoms with Crippen molar-refractivity contribution in [1.29, 1.82) is 0 Å². The minimum Gasteiger partial charge on any atom is -0.340 e. The summed E-state index contributed by atoms with van der Waals surface area (Å²) in [4.78, 5) is 12.8. The molecule has 100 valence electrons. The van der Waals surface area contributed by atoms with Crippen LogP contribution in [0.5, 0.6) is 0 Å². The predicted molar refractivity (Wildman–Crippen MR) is 78.0 cm³/mol. The van der Waals surface area contributed by atoms with Gasteiger partial charge in [-0.2, -0.15) is 0 Å². The summed E-state index contributed by atoms with van der Waals surface area (Å²) >= 11 is 0. The molecule has 0 unspecified atom stereocenters. The predicted octanol–water partition coefficient (Wildman–Crippen LogP) is 2.17. The Bertz CT molecular complexity index is 511. The average molecular weight is 256 g/mol. The number of nitrogens with zero attached hydrogens (tertiary/aromatic N) is 4. The molecule has 4 heteroatoms. The molecule has 0 spiro atoms. The number of anilines is 1. The van der Waals surface area contributed by atoms with Gasteiger partial charge in [-0.1, -0.05) is 24.3 Å². The third-order valence-corrected chi connectivity index (χ3v) is 2.91. The largest absolute Gasteiger partial charge is 0.340 e. The lowest BCUT2D eigenvalue weighted by Gasteiger charge is -2.20. The van der Waals surface area contributed by atoms with Crippen LogP contribution in [0.25, 0.3) is 0 Å². The maximum absolute atomic E-state index is 4.27. The average Bonchev–Trinajstić information content (AvgIpc) is 2.41. The number of aromatic nitrogens is 2. The SMILES string of the molecule is CN(C)Cc1ccccc1CN(C)c1ncccn1. The van der Waals surface area contributed by atoms with E-state index in [1.807, 2.05) is 13.1 Å². The van der Waals surface area contributed by atoms with E-state index in [0.29, 0.717) is 0 Å². The standard InChI is InChI=1S/C15H20N4/c1-18(2)11-13-7-4-5-8-14(13)12-19(3)15-16-9-6-10-17-15/h4-10H,11-12H2,1-3H3. The van der Waals surface area contributed by atoms with Crippen LogP contribution in [0.4, 0.5) is 5.95 Å². The number of rotatable bonds is 5. The van der Waals surface area contributed by atoms with E-state index < -0.39 is 0 Å². The summed E-state index contributed by atoms with van der Waals surface area (Å²) in [5, 5.41) is 0. The molecule has 0 aliphatic heterocycles. The lowest BCUT2D eigenvalue weighted by molar-refractivity contribution is 0.401. The van der Waals surface area contributed by atoms with Crippen LogP contribution in [0, 0.1) is 0 Å². The monoisotopic (exact) mass is 256 g/mol. The smallest absolute Gasteiger partial charge is 0.225 e. The van der Waals surface area contributed by atoms with Crippen LogP contribution in [0.2, 0.25) is 0 Å². The van der Waals surface area contributed by atoms with E-state index in [-0.39, 0.29) is 0 Å². The van der Waals surface area contributed by atoms with Gasteiger partial charge in [0, 0.05) is 32.5 Å². The Labute approximate surface area is 114 Å². The topological polar surface area (TPSA) is 32.3 Å². The van der Waals surface area contributed by atoms with Gasteiger partial charge in [0.05, 0.1) is 0 Å². The molecular weight excluding hydrogens is 236 g/mol. The Morgan fingerprint density at radius 3 is 2.00 bits per heavy atom. The van der Waals surface area contributed by atoms with Crippen molar-refractivity contribution in [3.63, 3.8) is 0 Å². The maximum atomic E-state index is 4.27. The van der Waals surface area contributed by atoms with Crippen LogP contribution in [0.15, 0.2) is 42.7 Å². The van der Waals surface area contributed by atoms with Crippen molar-refractivity contribution >= 4 is 5.95 Å². The van der Waals surface area contributed by atoms with E-state index in [1.165, 1.54) is 11.1 Å². The van der Waals surface area contributed by atoms with E-state index >= 15 is 0 Å². The molecule has 1 heterocycles.